The average Bonchev–Trinajstić information content (AvgIpc) is 2.44. The first-order valence-corrected chi connectivity index (χ1v) is 6.09. The van der Waals surface area contributed by atoms with Gasteiger partial charge in [-0.25, -0.2) is 0 Å². The molecule has 1 heterocycles. The van der Waals surface area contributed by atoms with Crippen molar-refractivity contribution in [2.75, 3.05) is 13.7 Å². The van der Waals surface area contributed by atoms with E-state index >= 15 is 0 Å². The van der Waals surface area contributed by atoms with Gasteiger partial charge in [0.2, 0.25) is 0 Å². The van der Waals surface area contributed by atoms with Gasteiger partial charge in [0.1, 0.15) is 17.9 Å². The molecule has 19 heavy (non-hydrogen) atoms. The molecular weight excluding hydrogens is 242 g/mol. The summed E-state index contributed by atoms with van der Waals surface area (Å²) in [6.07, 6.45) is 1.72. The van der Waals surface area contributed by atoms with E-state index in [1.165, 1.54) is 7.11 Å². The van der Waals surface area contributed by atoms with Crippen molar-refractivity contribution in [1.82, 2.24) is 4.98 Å². The third-order valence-corrected chi connectivity index (χ3v) is 2.92. The van der Waals surface area contributed by atoms with E-state index in [9.17, 15) is 4.79 Å². The average molecular weight is 259 g/mol. The number of methoxy groups -OCH3 is 1. The molecule has 4 nitrogen and oxygen atoms in total. The van der Waals surface area contributed by atoms with E-state index in [-0.39, 0.29) is 12.6 Å². The zero-order valence-corrected chi connectivity index (χ0v) is 11.3. The maximum absolute atomic E-state index is 11.6. The van der Waals surface area contributed by atoms with Crippen LogP contribution in [0.2, 0.25) is 0 Å². The fourth-order valence-electron chi connectivity index (χ4n) is 1.79. The van der Waals surface area contributed by atoms with E-state index in [1.807, 2.05) is 30.3 Å². The number of aromatic nitrogens is 1. The number of esters is 1. The third-order valence-electron chi connectivity index (χ3n) is 2.92. The molecule has 0 aliphatic rings. The Balaban J connectivity index is 2.21. The van der Waals surface area contributed by atoms with E-state index < -0.39 is 5.41 Å². The Labute approximate surface area is 112 Å². The van der Waals surface area contributed by atoms with E-state index in [0.717, 1.165) is 10.9 Å². The molecule has 0 spiro atoms. The molecule has 2 aromatic rings. The second-order valence-corrected chi connectivity index (χ2v) is 5.00. The first-order valence-electron chi connectivity index (χ1n) is 6.09. The molecule has 0 fully saturated rings. The smallest absolute Gasteiger partial charge is 0.314 e. The summed E-state index contributed by atoms with van der Waals surface area (Å²) in [7, 11) is 1.38. The number of hydrogen-bond acceptors (Lipinski definition) is 4. The van der Waals surface area contributed by atoms with Gasteiger partial charge in [-0.3, -0.25) is 9.78 Å². The Morgan fingerprint density at radius 2 is 2.00 bits per heavy atom. The van der Waals surface area contributed by atoms with Crippen LogP contribution in [0.4, 0.5) is 0 Å². The quantitative estimate of drug-likeness (QED) is 0.792. The largest absolute Gasteiger partial charge is 0.490 e. The maximum Gasteiger partial charge on any atom is 0.314 e. The number of para-hydroxylation sites is 1. The van der Waals surface area contributed by atoms with Crippen molar-refractivity contribution in [3.05, 3.63) is 36.5 Å². The van der Waals surface area contributed by atoms with Gasteiger partial charge in [0.05, 0.1) is 12.5 Å². The summed E-state index contributed by atoms with van der Waals surface area (Å²) < 4.78 is 10.5. The van der Waals surface area contributed by atoms with Crippen LogP contribution < -0.4 is 4.74 Å². The summed E-state index contributed by atoms with van der Waals surface area (Å²) in [5, 5.41) is 1.01. The first kappa shape index (κ1) is 13.3. The van der Waals surface area contributed by atoms with Crippen LogP contribution in [-0.2, 0) is 9.53 Å². The SMILES string of the molecule is COC(=O)C(C)(C)COc1cccc2cccnc12. The van der Waals surface area contributed by atoms with Gasteiger partial charge in [0, 0.05) is 11.6 Å². The summed E-state index contributed by atoms with van der Waals surface area (Å²) in [5.41, 5.74) is 0.108. The molecule has 0 bridgehead atoms. The number of pyridine rings is 1. The third kappa shape index (κ3) is 2.84. The van der Waals surface area contributed by atoms with Crippen LogP contribution in [0, 0.1) is 5.41 Å². The molecule has 0 atom stereocenters. The molecule has 0 saturated carbocycles. The van der Waals surface area contributed by atoms with Gasteiger partial charge < -0.3 is 9.47 Å². The first-order chi connectivity index (χ1) is 9.04. The topological polar surface area (TPSA) is 48.4 Å². The lowest BCUT2D eigenvalue weighted by Crippen LogP contribution is -2.32. The highest BCUT2D eigenvalue weighted by atomic mass is 16.5. The van der Waals surface area contributed by atoms with E-state index in [0.29, 0.717) is 5.75 Å². The van der Waals surface area contributed by atoms with Gasteiger partial charge >= 0.3 is 5.97 Å². The minimum absolute atomic E-state index is 0.245. The molecule has 0 aliphatic carbocycles. The fourth-order valence-corrected chi connectivity index (χ4v) is 1.79. The molecular formula is C15H17NO3. The van der Waals surface area contributed by atoms with Crippen LogP contribution in [0.1, 0.15) is 13.8 Å². The Bertz CT molecular complexity index is 587. The fraction of sp³-hybridized carbons (Fsp3) is 0.333. The number of benzene rings is 1. The van der Waals surface area contributed by atoms with Crippen LogP contribution in [-0.4, -0.2) is 24.7 Å². The van der Waals surface area contributed by atoms with Gasteiger partial charge in [-0.15, -0.1) is 0 Å². The molecule has 2 rings (SSSR count). The molecule has 1 aromatic heterocycles. The molecule has 0 N–H and O–H groups in total. The number of hydrogen-bond donors (Lipinski definition) is 0. The number of carbonyl (C=O) groups is 1. The zero-order valence-electron chi connectivity index (χ0n) is 11.3. The Morgan fingerprint density at radius 3 is 2.74 bits per heavy atom. The monoisotopic (exact) mass is 259 g/mol. The number of rotatable bonds is 4. The normalized spacial score (nSPS) is 11.3. The molecule has 0 unspecified atom stereocenters. The van der Waals surface area contributed by atoms with Gasteiger partial charge in [-0.05, 0) is 26.0 Å². The van der Waals surface area contributed by atoms with Crippen molar-refractivity contribution in [2.24, 2.45) is 5.41 Å². The zero-order chi connectivity index (χ0) is 13.9. The minimum Gasteiger partial charge on any atom is -0.490 e. The molecule has 0 saturated heterocycles. The highest BCUT2D eigenvalue weighted by Gasteiger charge is 2.29. The predicted molar refractivity (Wildman–Crippen MR) is 73.0 cm³/mol. The van der Waals surface area contributed by atoms with Gasteiger partial charge in [0.15, 0.2) is 0 Å². The van der Waals surface area contributed by atoms with Crippen molar-refractivity contribution in [3.8, 4) is 5.75 Å². The van der Waals surface area contributed by atoms with E-state index in [1.54, 1.807) is 20.0 Å². The van der Waals surface area contributed by atoms with Crippen molar-refractivity contribution >= 4 is 16.9 Å². The van der Waals surface area contributed by atoms with Gasteiger partial charge in [0.25, 0.3) is 0 Å². The number of nitrogens with zero attached hydrogens (tertiary/aromatic N) is 1. The number of ether oxygens (including phenoxy) is 2. The molecule has 0 radical (unpaired) electrons. The second-order valence-electron chi connectivity index (χ2n) is 5.00. The van der Waals surface area contributed by atoms with Crippen molar-refractivity contribution in [1.29, 1.82) is 0 Å². The number of fused-ring (bicyclic) bond motifs is 1. The standard InChI is InChI=1S/C15H17NO3/c1-15(2,14(17)18-3)10-19-12-8-4-6-11-7-5-9-16-13(11)12/h4-9H,10H2,1-3H3. The Morgan fingerprint density at radius 1 is 1.26 bits per heavy atom. The van der Waals surface area contributed by atoms with E-state index in [2.05, 4.69) is 4.98 Å². The molecule has 0 amide bonds. The van der Waals surface area contributed by atoms with Gasteiger partial charge in [-0.1, -0.05) is 18.2 Å². The second kappa shape index (κ2) is 5.26. The summed E-state index contributed by atoms with van der Waals surface area (Å²) >= 11 is 0. The van der Waals surface area contributed by atoms with E-state index in [4.69, 9.17) is 9.47 Å². The van der Waals surface area contributed by atoms with Gasteiger partial charge in [-0.2, -0.15) is 0 Å². The summed E-state index contributed by atoms with van der Waals surface area (Å²) in [6, 6.07) is 9.58. The van der Waals surface area contributed by atoms with Crippen LogP contribution in [0.15, 0.2) is 36.5 Å². The lowest BCUT2D eigenvalue weighted by atomic mass is 9.95. The minimum atomic E-state index is -0.689. The molecule has 100 valence electrons. The predicted octanol–water partition coefficient (Wildman–Crippen LogP) is 2.81. The lowest BCUT2D eigenvalue weighted by molar-refractivity contribution is -0.152. The van der Waals surface area contributed by atoms with Crippen LogP contribution in [0.5, 0.6) is 5.75 Å². The van der Waals surface area contributed by atoms with Crippen molar-refractivity contribution < 1.29 is 14.3 Å². The van der Waals surface area contributed by atoms with Crippen LogP contribution in [0.3, 0.4) is 0 Å². The highest BCUT2D eigenvalue weighted by molar-refractivity contribution is 5.84. The number of carbonyl (C=O) groups excluding carboxylic acids is 1. The highest BCUT2D eigenvalue weighted by Crippen LogP contribution is 2.25. The van der Waals surface area contributed by atoms with Crippen molar-refractivity contribution in [2.45, 2.75) is 13.8 Å². The Hall–Kier alpha value is -2.10. The Kier molecular flexibility index (Phi) is 3.69. The van der Waals surface area contributed by atoms with Crippen LogP contribution in [0.25, 0.3) is 10.9 Å². The van der Waals surface area contributed by atoms with Crippen LogP contribution >= 0.6 is 0 Å². The molecule has 4 heteroatoms. The summed E-state index contributed by atoms with van der Waals surface area (Å²) in [4.78, 5) is 15.9. The lowest BCUT2D eigenvalue weighted by Gasteiger charge is -2.21. The summed E-state index contributed by atoms with van der Waals surface area (Å²) in [6.45, 7) is 3.82. The maximum atomic E-state index is 11.6. The summed E-state index contributed by atoms with van der Waals surface area (Å²) in [5.74, 6) is 0.385. The molecule has 0 aliphatic heterocycles. The molecule has 1 aromatic carbocycles. The van der Waals surface area contributed by atoms with Crippen molar-refractivity contribution in [3.63, 3.8) is 0 Å².